The highest BCUT2D eigenvalue weighted by molar-refractivity contribution is 5.94. The first-order valence-corrected chi connectivity index (χ1v) is 7.85. The number of primary amides is 1. The Labute approximate surface area is 145 Å². The average molecular weight is 361 g/mol. The highest BCUT2D eigenvalue weighted by atomic mass is 16.4. The van der Waals surface area contributed by atoms with Crippen molar-refractivity contribution in [1.29, 1.82) is 0 Å². The lowest BCUT2D eigenvalue weighted by atomic mass is 10.1. The molecule has 0 aromatic heterocycles. The maximum Gasteiger partial charge on any atom is 0.328 e. The number of aliphatic hydroxyl groups excluding tert-OH is 1. The standard InChI is InChI=1S/C14H27N5O6/c1-7(20)11(14(24)25)19-13(23)9(6-10(17)21)18-12(22)8(16)4-2-3-5-15/h7-9,11,20H,2-6,15-16H2,1H3,(H2,17,21)(H,18,22)(H,19,23)(H,24,25)/t7-,8+,9+,11+/m1/s1. The van der Waals surface area contributed by atoms with E-state index in [1.807, 2.05) is 5.32 Å². The number of aliphatic carboxylic acids is 1. The Morgan fingerprint density at radius 1 is 1.08 bits per heavy atom. The molecule has 0 fully saturated rings. The molecule has 144 valence electrons. The van der Waals surface area contributed by atoms with Crippen LogP contribution in [-0.2, 0) is 19.2 Å². The SMILES string of the molecule is C[C@@H](O)[C@H](NC(=O)[C@H](CC(N)=O)NC(=O)[C@@H](N)CCCCN)C(=O)O. The van der Waals surface area contributed by atoms with Gasteiger partial charge in [0.15, 0.2) is 6.04 Å². The van der Waals surface area contributed by atoms with E-state index in [0.717, 1.165) is 0 Å². The zero-order valence-electron chi connectivity index (χ0n) is 14.1. The van der Waals surface area contributed by atoms with Gasteiger partial charge in [-0.15, -0.1) is 0 Å². The largest absolute Gasteiger partial charge is 0.480 e. The van der Waals surface area contributed by atoms with Crippen molar-refractivity contribution in [2.24, 2.45) is 17.2 Å². The summed E-state index contributed by atoms with van der Waals surface area (Å²) in [5, 5.41) is 22.7. The summed E-state index contributed by atoms with van der Waals surface area (Å²) in [6.07, 6.45) is -0.301. The van der Waals surface area contributed by atoms with Crippen molar-refractivity contribution in [2.45, 2.75) is 56.8 Å². The van der Waals surface area contributed by atoms with E-state index < -0.39 is 54.3 Å². The van der Waals surface area contributed by atoms with Gasteiger partial charge in [-0.3, -0.25) is 14.4 Å². The van der Waals surface area contributed by atoms with Crippen molar-refractivity contribution in [1.82, 2.24) is 10.6 Å². The van der Waals surface area contributed by atoms with Crippen LogP contribution in [0.25, 0.3) is 0 Å². The van der Waals surface area contributed by atoms with Gasteiger partial charge in [0.2, 0.25) is 17.7 Å². The zero-order chi connectivity index (χ0) is 19.6. The molecule has 0 aliphatic rings. The molecule has 25 heavy (non-hydrogen) atoms. The molecule has 0 bridgehead atoms. The van der Waals surface area contributed by atoms with Gasteiger partial charge in [0.05, 0.1) is 18.6 Å². The number of amides is 3. The van der Waals surface area contributed by atoms with Crippen molar-refractivity contribution >= 4 is 23.7 Å². The van der Waals surface area contributed by atoms with Crippen LogP contribution in [0, 0.1) is 0 Å². The molecule has 11 nitrogen and oxygen atoms in total. The van der Waals surface area contributed by atoms with Gasteiger partial charge in [-0.05, 0) is 26.3 Å². The second-order valence-electron chi connectivity index (χ2n) is 5.69. The monoisotopic (exact) mass is 361 g/mol. The first-order valence-electron chi connectivity index (χ1n) is 7.85. The van der Waals surface area contributed by atoms with Crippen LogP contribution in [0.4, 0.5) is 0 Å². The van der Waals surface area contributed by atoms with Crippen molar-refractivity contribution in [3.05, 3.63) is 0 Å². The minimum atomic E-state index is -1.60. The third-order valence-electron chi connectivity index (χ3n) is 3.39. The van der Waals surface area contributed by atoms with Crippen LogP contribution in [0.2, 0.25) is 0 Å². The van der Waals surface area contributed by atoms with E-state index in [0.29, 0.717) is 25.8 Å². The van der Waals surface area contributed by atoms with Crippen LogP contribution in [0.1, 0.15) is 32.6 Å². The number of hydrogen-bond acceptors (Lipinski definition) is 7. The van der Waals surface area contributed by atoms with E-state index in [9.17, 15) is 24.3 Å². The minimum Gasteiger partial charge on any atom is -0.480 e. The number of unbranched alkanes of at least 4 members (excludes halogenated alkanes) is 1. The number of nitrogens with one attached hydrogen (secondary N) is 2. The van der Waals surface area contributed by atoms with Crippen LogP contribution >= 0.6 is 0 Å². The Bertz CT molecular complexity index is 484. The summed E-state index contributed by atoms with van der Waals surface area (Å²) in [6.45, 7) is 1.63. The van der Waals surface area contributed by atoms with Gasteiger partial charge in [-0.2, -0.15) is 0 Å². The lowest BCUT2D eigenvalue weighted by molar-refractivity contribution is -0.145. The van der Waals surface area contributed by atoms with Crippen LogP contribution in [-0.4, -0.2) is 64.7 Å². The lowest BCUT2D eigenvalue weighted by Crippen LogP contribution is -2.57. The second kappa shape index (κ2) is 11.3. The molecule has 0 radical (unpaired) electrons. The fraction of sp³-hybridized carbons (Fsp3) is 0.714. The molecule has 0 heterocycles. The number of rotatable bonds is 12. The predicted octanol–water partition coefficient (Wildman–Crippen LogP) is -3.25. The first-order chi connectivity index (χ1) is 11.6. The second-order valence-corrected chi connectivity index (χ2v) is 5.69. The number of carbonyl (C=O) groups is 4. The van der Waals surface area contributed by atoms with Gasteiger partial charge in [-0.25, -0.2) is 4.79 Å². The van der Waals surface area contributed by atoms with Crippen molar-refractivity contribution in [3.63, 3.8) is 0 Å². The summed E-state index contributed by atoms with van der Waals surface area (Å²) in [4.78, 5) is 46.3. The number of hydrogen-bond donors (Lipinski definition) is 7. The number of carboxylic acid groups (broad SMARTS) is 1. The normalized spacial score (nSPS) is 15.5. The minimum absolute atomic E-state index is 0.333. The molecule has 0 saturated heterocycles. The molecular formula is C14H27N5O6. The summed E-state index contributed by atoms with van der Waals surface area (Å²) in [5.41, 5.74) is 16.1. The molecule has 0 aromatic carbocycles. The fourth-order valence-corrected chi connectivity index (χ4v) is 1.97. The quantitative estimate of drug-likeness (QED) is 0.175. The van der Waals surface area contributed by atoms with E-state index in [1.54, 1.807) is 0 Å². The van der Waals surface area contributed by atoms with E-state index in [4.69, 9.17) is 22.3 Å². The Hall–Kier alpha value is -2.24. The zero-order valence-corrected chi connectivity index (χ0v) is 14.1. The summed E-state index contributed by atoms with van der Waals surface area (Å²) in [5.74, 6) is -3.98. The van der Waals surface area contributed by atoms with Gasteiger partial charge in [0, 0.05) is 0 Å². The van der Waals surface area contributed by atoms with E-state index >= 15 is 0 Å². The van der Waals surface area contributed by atoms with Crippen molar-refractivity contribution in [3.8, 4) is 0 Å². The molecule has 0 saturated carbocycles. The van der Waals surface area contributed by atoms with Crippen molar-refractivity contribution in [2.75, 3.05) is 6.54 Å². The Balaban J connectivity index is 4.93. The summed E-state index contributed by atoms with van der Waals surface area (Å²) in [7, 11) is 0. The maximum atomic E-state index is 12.2. The number of nitrogens with two attached hydrogens (primary N) is 3. The van der Waals surface area contributed by atoms with Crippen LogP contribution in [0.5, 0.6) is 0 Å². The molecule has 10 N–H and O–H groups in total. The third-order valence-corrected chi connectivity index (χ3v) is 3.39. The molecule has 0 aliphatic heterocycles. The van der Waals surface area contributed by atoms with Gasteiger partial charge in [0.25, 0.3) is 0 Å². The van der Waals surface area contributed by atoms with Gasteiger partial charge >= 0.3 is 5.97 Å². The summed E-state index contributed by atoms with van der Waals surface area (Å²) < 4.78 is 0. The topological polar surface area (TPSA) is 211 Å². The highest BCUT2D eigenvalue weighted by Crippen LogP contribution is 2.02. The molecule has 4 atom stereocenters. The first kappa shape index (κ1) is 22.8. The van der Waals surface area contributed by atoms with Gasteiger partial charge in [-0.1, -0.05) is 6.42 Å². The third kappa shape index (κ3) is 8.98. The molecule has 0 unspecified atom stereocenters. The number of aliphatic hydroxyl groups is 1. The number of carboxylic acids is 1. The molecule has 11 heteroatoms. The molecule has 0 spiro atoms. The molecule has 0 rings (SSSR count). The van der Waals surface area contributed by atoms with Crippen LogP contribution < -0.4 is 27.8 Å². The summed E-state index contributed by atoms with van der Waals surface area (Å²) >= 11 is 0. The van der Waals surface area contributed by atoms with E-state index in [2.05, 4.69) is 5.32 Å². The molecular weight excluding hydrogens is 334 g/mol. The van der Waals surface area contributed by atoms with E-state index in [-0.39, 0.29) is 0 Å². The predicted molar refractivity (Wildman–Crippen MR) is 87.9 cm³/mol. The van der Waals surface area contributed by atoms with Crippen LogP contribution in [0.3, 0.4) is 0 Å². The Kier molecular flexibility index (Phi) is 10.3. The van der Waals surface area contributed by atoms with Gasteiger partial charge < -0.3 is 38.0 Å². The Morgan fingerprint density at radius 2 is 1.68 bits per heavy atom. The number of carbonyl (C=O) groups excluding carboxylic acids is 3. The lowest BCUT2D eigenvalue weighted by Gasteiger charge is -2.23. The average Bonchev–Trinajstić information content (AvgIpc) is 2.50. The molecule has 0 aliphatic carbocycles. The van der Waals surface area contributed by atoms with E-state index in [1.165, 1.54) is 6.92 Å². The van der Waals surface area contributed by atoms with Gasteiger partial charge in [0.1, 0.15) is 6.04 Å². The summed E-state index contributed by atoms with van der Waals surface area (Å²) in [6, 6.07) is -3.91. The fourth-order valence-electron chi connectivity index (χ4n) is 1.97. The Morgan fingerprint density at radius 3 is 2.12 bits per heavy atom. The van der Waals surface area contributed by atoms with Crippen molar-refractivity contribution < 1.29 is 29.4 Å². The maximum absolute atomic E-state index is 12.2. The molecule has 0 aromatic rings. The van der Waals surface area contributed by atoms with Crippen LogP contribution in [0.15, 0.2) is 0 Å². The highest BCUT2D eigenvalue weighted by Gasteiger charge is 2.31. The smallest absolute Gasteiger partial charge is 0.328 e. The molecule has 3 amide bonds.